The quantitative estimate of drug-likeness (QED) is 0.688. The van der Waals surface area contributed by atoms with Crippen molar-refractivity contribution in [3.63, 3.8) is 0 Å². The van der Waals surface area contributed by atoms with Crippen molar-refractivity contribution in [2.75, 3.05) is 7.05 Å². The minimum atomic E-state index is -0.0880. The number of hydrogen-bond acceptors (Lipinski definition) is 1. The number of nitrogens with zero attached hydrogens (tertiary/aromatic N) is 1. The highest BCUT2D eigenvalue weighted by atomic mass is 19.1. The van der Waals surface area contributed by atoms with Gasteiger partial charge in [-0.25, -0.2) is 4.39 Å². The number of benzene rings is 1. The molecule has 0 unspecified atom stereocenters. The van der Waals surface area contributed by atoms with E-state index in [2.05, 4.69) is 11.9 Å². The zero-order valence-corrected chi connectivity index (χ0v) is 7.83. The second-order valence-electron chi connectivity index (χ2n) is 3.74. The molecule has 1 fully saturated rings. The SMILES string of the molecule is CN(Cc1ccccc1F)C1CC1. The molecule has 0 spiro atoms. The monoisotopic (exact) mass is 179 g/mol. The van der Waals surface area contributed by atoms with Gasteiger partial charge in [0.1, 0.15) is 5.82 Å². The highest BCUT2D eigenvalue weighted by Crippen LogP contribution is 2.26. The van der Waals surface area contributed by atoms with E-state index in [0.29, 0.717) is 6.04 Å². The lowest BCUT2D eigenvalue weighted by Crippen LogP contribution is -2.20. The van der Waals surface area contributed by atoms with Crippen molar-refractivity contribution in [2.24, 2.45) is 0 Å². The molecule has 1 aromatic rings. The Bertz CT molecular complexity index is 294. The summed E-state index contributed by atoms with van der Waals surface area (Å²) in [6, 6.07) is 7.69. The smallest absolute Gasteiger partial charge is 0.127 e. The third-order valence-corrected chi connectivity index (χ3v) is 2.55. The lowest BCUT2D eigenvalue weighted by Gasteiger charge is -2.15. The van der Waals surface area contributed by atoms with E-state index in [0.717, 1.165) is 12.1 Å². The van der Waals surface area contributed by atoms with Crippen LogP contribution in [0.2, 0.25) is 0 Å². The molecule has 70 valence electrons. The molecule has 0 amide bonds. The highest BCUT2D eigenvalue weighted by Gasteiger charge is 2.26. The van der Waals surface area contributed by atoms with Crippen LogP contribution in [0.4, 0.5) is 4.39 Å². The van der Waals surface area contributed by atoms with Crippen LogP contribution in [-0.2, 0) is 6.54 Å². The van der Waals surface area contributed by atoms with E-state index >= 15 is 0 Å². The normalized spacial score (nSPS) is 16.5. The minimum Gasteiger partial charge on any atom is -0.299 e. The molecule has 2 heteroatoms. The van der Waals surface area contributed by atoms with Crippen LogP contribution in [0, 0.1) is 5.82 Å². The summed E-state index contributed by atoms with van der Waals surface area (Å²) in [6.45, 7) is 0.733. The van der Waals surface area contributed by atoms with Crippen molar-refractivity contribution in [1.82, 2.24) is 4.90 Å². The second kappa shape index (κ2) is 3.46. The third kappa shape index (κ3) is 2.07. The van der Waals surface area contributed by atoms with Gasteiger partial charge < -0.3 is 0 Å². The largest absolute Gasteiger partial charge is 0.299 e. The summed E-state index contributed by atoms with van der Waals surface area (Å²) in [5.41, 5.74) is 0.803. The van der Waals surface area contributed by atoms with Crippen LogP contribution in [0.3, 0.4) is 0 Å². The van der Waals surface area contributed by atoms with Gasteiger partial charge in [0.15, 0.2) is 0 Å². The van der Waals surface area contributed by atoms with E-state index in [1.807, 2.05) is 12.1 Å². The molecule has 1 aliphatic carbocycles. The molecule has 0 aliphatic heterocycles. The molecule has 0 bridgehead atoms. The summed E-state index contributed by atoms with van der Waals surface area (Å²) < 4.78 is 13.2. The highest BCUT2D eigenvalue weighted by molar-refractivity contribution is 5.17. The lowest BCUT2D eigenvalue weighted by molar-refractivity contribution is 0.311. The van der Waals surface area contributed by atoms with Crippen LogP contribution in [0.5, 0.6) is 0 Å². The van der Waals surface area contributed by atoms with Gasteiger partial charge in [0.25, 0.3) is 0 Å². The Labute approximate surface area is 78.2 Å². The Morgan fingerprint density at radius 1 is 1.38 bits per heavy atom. The van der Waals surface area contributed by atoms with Gasteiger partial charge >= 0.3 is 0 Å². The van der Waals surface area contributed by atoms with Gasteiger partial charge in [-0.2, -0.15) is 0 Å². The van der Waals surface area contributed by atoms with Gasteiger partial charge in [0, 0.05) is 18.2 Å². The van der Waals surface area contributed by atoms with Crippen molar-refractivity contribution < 1.29 is 4.39 Å². The molecule has 1 aromatic carbocycles. The minimum absolute atomic E-state index is 0.0880. The van der Waals surface area contributed by atoms with Gasteiger partial charge in [-0.05, 0) is 26.0 Å². The van der Waals surface area contributed by atoms with Crippen LogP contribution in [0.1, 0.15) is 18.4 Å². The zero-order valence-electron chi connectivity index (χ0n) is 7.83. The lowest BCUT2D eigenvalue weighted by atomic mass is 10.2. The summed E-state index contributed by atoms with van der Waals surface area (Å²) >= 11 is 0. The first-order chi connectivity index (χ1) is 6.27. The Kier molecular flexibility index (Phi) is 2.32. The molecule has 0 N–H and O–H groups in total. The van der Waals surface area contributed by atoms with Crippen molar-refractivity contribution >= 4 is 0 Å². The van der Waals surface area contributed by atoms with Gasteiger partial charge in [-0.15, -0.1) is 0 Å². The first-order valence-corrected chi connectivity index (χ1v) is 4.71. The molecule has 0 aromatic heterocycles. The van der Waals surface area contributed by atoms with Gasteiger partial charge in [0.05, 0.1) is 0 Å². The van der Waals surface area contributed by atoms with Gasteiger partial charge in [-0.3, -0.25) is 4.90 Å². The second-order valence-corrected chi connectivity index (χ2v) is 3.74. The molecule has 1 saturated carbocycles. The van der Waals surface area contributed by atoms with E-state index in [1.165, 1.54) is 18.9 Å². The molecule has 2 rings (SSSR count). The van der Waals surface area contributed by atoms with E-state index in [1.54, 1.807) is 6.07 Å². The molecule has 13 heavy (non-hydrogen) atoms. The predicted octanol–water partition coefficient (Wildman–Crippen LogP) is 2.42. The Morgan fingerprint density at radius 2 is 2.08 bits per heavy atom. The molecule has 0 saturated heterocycles. The molecular weight excluding hydrogens is 165 g/mol. The number of rotatable bonds is 3. The maximum Gasteiger partial charge on any atom is 0.127 e. The third-order valence-electron chi connectivity index (χ3n) is 2.55. The average molecular weight is 179 g/mol. The summed E-state index contributed by atoms with van der Waals surface area (Å²) in [4.78, 5) is 2.22. The van der Waals surface area contributed by atoms with Gasteiger partial charge in [0.2, 0.25) is 0 Å². The fourth-order valence-electron chi connectivity index (χ4n) is 1.54. The molecule has 1 nitrogen and oxygen atoms in total. The van der Waals surface area contributed by atoms with Gasteiger partial charge in [-0.1, -0.05) is 18.2 Å². The number of halogens is 1. The van der Waals surface area contributed by atoms with Crippen LogP contribution < -0.4 is 0 Å². The Morgan fingerprint density at radius 3 is 2.69 bits per heavy atom. The van der Waals surface area contributed by atoms with Crippen molar-refractivity contribution in [1.29, 1.82) is 0 Å². The summed E-state index contributed by atoms with van der Waals surface area (Å²) in [7, 11) is 2.06. The van der Waals surface area contributed by atoms with E-state index in [9.17, 15) is 4.39 Å². The van der Waals surface area contributed by atoms with Crippen LogP contribution in [-0.4, -0.2) is 18.0 Å². The average Bonchev–Trinajstić information content (AvgIpc) is 2.91. The topological polar surface area (TPSA) is 3.24 Å². The zero-order chi connectivity index (χ0) is 9.26. The first kappa shape index (κ1) is 8.70. The predicted molar refractivity (Wildman–Crippen MR) is 50.9 cm³/mol. The molecule has 1 aliphatic rings. The molecule has 0 atom stereocenters. The maximum atomic E-state index is 13.2. The Hall–Kier alpha value is -0.890. The van der Waals surface area contributed by atoms with Crippen LogP contribution in [0.25, 0.3) is 0 Å². The molecule has 0 radical (unpaired) electrons. The standard InChI is InChI=1S/C11H14FN/c1-13(10-6-7-10)8-9-4-2-3-5-11(9)12/h2-5,10H,6-8H2,1H3. The molecule has 0 heterocycles. The van der Waals surface area contributed by atoms with E-state index < -0.39 is 0 Å². The van der Waals surface area contributed by atoms with Crippen molar-refractivity contribution in [2.45, 2.75) is 25.4 Å². The summed E-state index contributed by atoms with van der Waals surface area (Å²) in [6.07, 6.45) is 2.54. The number of hydrogen-bond donors (Lipinski definition) is 0. The van der Waals surface area contributed by atoms with E-state index in [-0.39, 0.29) is 5.82 Å². The van der Waals surface area contributed by atoms with Crippen LogP contribution in [0.15, 0.2) is 24.3 Å². The van der Waals surface area contributed by atoms with Crippen LogP contribution >= 0.6 is 0 Å². The summed E-state index contributed by atoms with van der Waals surface area (Å²) in [5, 5.41) is 0. The Balaban J connectivity index is 2.03. The molecular formula is C11H14FN. The van der Waals surface area contributed by atoms with E-state index in [4.69, 9.17) is 0 Å². The first-order valence-electron chi connectivity index (χ1n) is 4.71. The maximum absolute atomic E-state index is 13.2. The van der Waals surface area contributed by atoms with Crippen molar-refractivity contribution in [3.05, 3.63) is 35.6 Å². The fraction of sp³-hybridized carbons (Fsp3) is 0.455. The van der Waals surface area contributed by atoms with Crippen molar-refractivity contribution in [3.8, 4) is 0 Å². The fourth-order valence-corrected chi connectivity index (χ4v) is 1.54. The summed E-state index contributed by atoms with van der Waals surface area (Å²) in [5.74, 6) is -0.0880.